The minimum atomic E-state index is -3.97. The molecule has 248 valence electrons. The summed E-state index contributed by atoms with van der Waals surface area (Å²) in [5, 5.41) is 13.2. The summed E-state index contributed by atoms with van der Waals surface area (Å²) >= 11 is 0. The molecule has 0 radical (unpaired) electrons. The minimum Gasteiger partial charge on any atom is -0.497 e. The first-order valence-electron chi connectivity index (χ1n) is 15.0. The number of methoxy groups -OCH3 is 1. The SMILES string of the molecule is COc1ccc(S(=O)(=O)N(CCO)CCOC2CC(c3cn(C(C)=O)c4ccccc34)C=C(C(=O)NCc3ccc(F)cc3)O2)cc1. The highest BCUT2D eigenvalue weighted by molar-refractivity contribution is 7.89. The molecule has 1 aromatic heterocycles. The summed E-state index contributed by atoms with van der Waals surface area (Å²) in [4.78, 5) is 25.8. The smallest absolute Gasteiger partial charge is 0.286 e. The largest absolute Gasteiger partial charge is 0.497 e. The third-order valence-corrected chi connectivity index (χ3v) is 9.73. The van der Waals surface area contributed by atoms with Crippen LogP contribution in [-0.2, 0) is 30.8 Å². The zero-order valence-corrected chi connectivity index (χ0v) is 26.8. The molecule has 13 heteroatoms. The van der Waals surface area contributed by atoms with E-state index in [4.69, 9.17) is 14.2 Å². The average molecular weight is 666 g/mol. The molecule has 0 saturated heterocycles. The lowest BCUT2D eigenvalue weighted by Gasteiger charge is -2.30. The molecule has 3 aromatic carbocycles. The highest BCUT2D eigenvalue weighted by atomic mass is 32.2. The van der Waals surface area contributed by atoms with E-state index in [9.17, 15) is 27.5 Å². The zero-order valence-electron chi connectivity index (χ0n) is 26.0. The van der Waals surface area contributed by atoms with Crippen molar-refractivity contribution in [3.63, 3.8) is 0 Å². The third-order valence-electron chi connectivity index (χ3n) is 7.82. The second-order valence-electron chi connectivity index (χ2n) is 10.9. The van der Waals surface area contributed by atoms with E-state index in [0.29, 0.717) is 11.3 Å². The van der Waals surface area contributed by atoms with Crippen LogP contribution in [0.15, 0.2) is 95.7 Å². The fourth-order valence-corrected chi connectivity index (χ4v) is 6.83. The van der Waals surface area contributed by atoms with E-state index in [1.807, 2.05) is 24.3 Å². The number of carbonyl (C=O) groups is 2. The van der Waals surface area contributed by atoms with Crippen LogP contribution >= 0.6 is 0 Å². The van der Waals surface area contributed by atoms with Gasteiger partial charge in [0.15, 0.2) is 5.76 Å². The molecule has 2 heterocycles. The molecule has 0 saturated carbocycles. The second-order valence-corrected chi connectivity index (χ2v) is 12.8. The molecule has 2 atom stereocenters. The Labute approximate surface area is 272 Å². The van der Waals surface area contributed by atoms with Crippen LogP contribution in [0.25, 0.3) is 10.9 Å². The van der Waals surface area contributed by atoms with Crippen molar-refractivity contribution in [2.24, 2.45) is 0 Å². The van der Waals surface area contributed by atoms with Crippen molar-refractivity contribution in [3.05, 3.63) is 108 Å². The van der Waals surface area contributed by atoms with Crippen molar-refractivity contribution >= 4 is 32.7 Å². The molecule has 11 nitrogen and oxygen atoms in total. The number of hydrogen-bond acceptors (Lipinski definition) is 8. The quantitative estimate of drug-likeness (QED) is 0.217. The van der Waals surface area contributed by atoms with E-state index < -0.39 is 34.7 Å². The molecular weight excluding hydrogens is 629 g/mol. The number of aliphatic hydroxyl groups excluding tert-OH is 1. The molecule has 0 bridgehead atoms. The lowest BCUT2D eigenvalue weighted by molar-refractivity contribution is -0.146. The van der Waals surface area contributed by atoms with Gasteiger partial charge in [0.25, 0.3) is 5.91 Å². The number of aromatic nitrogens is 1. The topological polar surface area (TPSA) is 136 Å². The number of hydrogen-bond donors (Lipinski definition) is 2. The van der Waals surface area contributed by atoms with Gasteiger partial charge in [-0.15, -0.1) is 0 Å². The number of sulfonamides is 1. The van der Waals surface area contributed by atoms with Gasteiger partial charge < -0.3 is 24.6 Å². The van der Waals surface area contributed by atoms with Gasteiger partial charge in [-0.25, -0.2) is 12.8 Å². The number of allylic oxidation sites excluding steroid dienone is 1. The maximum atomic E-state index is 13.4. The fraction of sp³-hybridized carbons (Fsp3) is 0.294. The van der Waals surface area contributed by atoms with E-state index in [-0.39, 0.29) is 55.0 Å². The Bertz CT molecular complexity index is 1860. The Morgan fingerprint density at radius 3 is 2.47 bits per heavy atom. The number of nitrogens with zero attached hydrogens (tertiary/aromatic N) is 2. The van der Waals surface area contributed by atoms with Gasteiger partial charge >= 0.3 is 0 Å². The van der Waals surface area contributed by atoms with Gasteiger partial charge in [-0.2, -0.15) is 4.31 Å². The van der Waals surface area contributed by atoms with Crippen molar-refractivity contribution in [1.82, 2.24) is 14.2 Å². The van der Waals surface area contributed by atoms with Crippen LogP contribution in [0.3, 0.4) is 0 Å². The minimum absolute atomic E-state index is 0.00825. The first-order valence-corrected chi connectivity index (χ1v) is 16.4. The number of aliphatic hydroxyl groups is 1. The molecular formula is C34H36FN3O8S. The van der Waals surface area contributed by atoms with E-state index in [1.165, 1.54) is 50.4 Å². The lowest BCUT2D eigenvalue weighted by Crippen LogP contribution is -2.38. The van der Waals surface area contributed by atoms with Gasteiger partial charge in [-0.1, -0.05) is 30.3 Å². The predicted molar refractivity (Wildman–Crippen MR) is 172 cm³/mol. The van der Waals surface area contributed by atoms with E-state index in [0.717, 1.165) is 20.8 Å². The highest BCUT2D eigenvalue weighted by Gasteiger charge is 2.32. The summed E-state index contributed by atoms with van der Waals surface area (Å²) in [5.74, 6) is -0.988. The van der Waals surface area contributed by atoms with Gasteiger partial charge in [-0.3, -0.25) is 14.2 Å². The molecule has 1 aliphatic rings. The van der Waals surface area contributed by atoms with Crippen molar-refractivity contribution < 1.29 is 41.7 Å². The van der Waals surface area contributed by atoms with Crippen molar-refractivity contribution in [2.75, 3.05) is 33.4 Å². The molecule has 0 aliphatic carbocycles. The van der Waals surface area contributed by atoms with Gasteiger partial charge in [0.05, 0.1) is 30.7 Å². The number of fused-ring (bicyclic) bond motifs is 1. The standard InChI is InChI=1S/C34H36FN3O8S/c1-23(40)38-22-30(29-5-3-4-6-31(29)38)25-19-32(34(41)36-21-24-7-9-26(35)10-8-24)46-33(20-25)45-18-16-37(15-17-39)47(42,43)28-13-11-27(44-2)12-14-28/h3-14,19,22,25,33,39H,15-18,20-21H2,1-2H3,(H,36,41). The number of halogens is 1. The maximum absolute atomic E-state index is 13.4. The molecule has 0 fully saturated rings. The molecule has 2 unspecified atom stereocenters. The Balaban J connectivity index is 1.36. The number of para-hydroxylation sites is 1. The monoisotopic (exact) mass is 665 g/mol. The van der Waals surface area contributed by atoms with Crippen LogP contribution in [0.2, 0.25) is 0 Å². The van der Waals surface area contributed by atoms with E-state index in [2.05, 4.69) is 5.32 Å². The Morgan fingerprint density at radius 1 is 1.06 bits per heavy atom. The molecule has 1 amide bonds. The second kappa shape index (κ2) is 14.9. The van der Waals surface area contributed by atoms with Crippen LogP contribution in [0.4, 0.5) is 4.39 Å². The van der Waals surface area contributed by atoms with Crippen LogP contribution in [0, 0.1) is 5.82 Å². The predicted octanol–water partition coefficient (Wildman–Crippen LogP) is 4.18. The first-order chi connectivity index (χ1) is 22.6. The summed E-state index contributed by atoms with van der Waals surface area (Å²) in [6.07, 6.45) is 2.75. The summed E-state index contributed by atoms with van der Waals surface area (Å²) in [6, 6.07) is 19.1. The number of benzene rings is 3. The first kappa shape index (κ1) is 33.8. The van der Waals surface area contributed by atoms with Gasteiger partial charge in [0, 0.05) is 50.5 Å². The van der Waals surface area contributed by atoms with Crippen LogP contribution in [-0.4, -0.2) is 73.9 Å². The Morgan fingerprint density at radius 2 is 1.79 bits per heavy atom. The van der Waals surface area contributed by atoms with Crippen molar-refractivity contribution in [3.8, 4) is 5.75 Å². The Kier molecular flexibility index (Phi) is 10.7. The average Bonchev–Trinajstić information content (AvgIpc) is 3.48. The zero-order chi connectivity index (χ0) is 33.6. The van der Waals surface area contributed by atoms with E-state index in [1.54, 1.807) is 29.0 Å². The van der Waals surface area contributed by atoms with Crippen molar-refractivity contribution in [2.45, 2.75) is 37.0 Å². The summed E-state index contributed by atoms with van der Waals surface area (Å²) < 4.78 is 59.8. The normalized spacial score (nSPS) is 16.5. The van der Waals surface area contributed by atoms with Gasteiger partial charge in [0.1, 0.15) is 11.6 Å². The molecule has 2 N–H and O–H groups in total. The maximum Gasteiger partial charge on any atom is 0.286 e. The molecule has 47 heavy (non-hydrogen) atoms. The summed E-state index contributed by atoms with van der Waals surface area (Å²) in [6.45, 7) is 0.824. The summed E-state index contributed by atoms with van der Waals surface area (Å²) in [7, 11) is -2.49. The van der Waals surface area contributed by atoms with Crippen molar-refractivity contribution in [1.29, 1.82) is 0 Å². The lowest BCUT2D eigenvalue weighted by atomic mass is 9.92. The summed E-state index contributed by atoms with van der Waals surface area (Å²) in [5.41, 5.74) is 2.20. The molecule has 4 aromatic rings. The fourth-order valence-electron chi connectivity index (χ4n) is 5.42. The van der Waals surface area contributed by atoms with Crippen LogP contribution in [0.1, 0.15) is 35.2 Å². The highest BCUT2D eigenvalue weighted by Crippen LogP contribution is 2.36. The van der Waals surface area contributed by atoms with Gasteiger partial charge in [-0.05, 0) is 59.7 Å². The third kappa shape index (κ3) is 7.88. The molecule has 0 spiro atoms. The number of ether oxygens (including phenoxy) is 3. The van der Waals surface area contributed by atoms with Crippen LogP contribution in [0.5, 0.6) is 5.75 Å². The number of carbonyl (C=O) groups excluding carboxylic acids is 2. The molecule has 1 aliphatic heterocycles. The Hall–Kier alpha value is -4.56. The molecule has 5 rings (SSSR count). The number of nitrogens with one attached hydrogen (secondary N) is 1. The van der Waals surface area contributed by atoms with Gasteiger partial charge in [0.2, 0.25) is 22.2 Å². The number of amides is 1. The van der Waals surface area contributed by atoms with Crippen LogP contribution < -0.4 is 10.1 Å². The van der Waals surface area contributed by atoms with E-state index >= 15 is 0 Å². The number of rotatable bonds is 13.